The molecule has 0 saturated heterocycles. The number of aromatic nitrogens is 1. The van der Waals surface area contributed by atoms with Gasteiger partial charge in [0, 0.05) is 17.0 Å². The summed E-state index contributed by atoms with van der Waals surface area (Å²) in [6.07, 6.45) is 0. The molecule has 4 heteroatoms. The summed E-state index contributed by atoms with van der Waals surface area (Å²) in [4.78, 5) is 4.39. The second-order valence-corrected chi connectivity index (χ2v) is 4.52. The Hall–Kier alpha value is -2.23. The SMILES string of the molecule is COc1ccc(-c2cc(C)nc(C)c2)c(OC)c1OC. The van der Waals surface area contributed by atoms with Crippen LogP contribution in [0.25, 0.3) is 11.1 Å². The minimum atomic E-state index is 0.597. The molecule has 1 aromatic heterocycles. The number of nitrogens with zero attached hydrogens (tertiary/aromatic N) is 1. The summed E-state index contributed by atoms with van der Waals surface area (Å²) in [6.45, 7) is 3.95. The van der Waals surface area contributed by atoms with Crippen LogP contribution >= 0.6 is 0 Å². The molecule has 1 heterocycles. The predicted octanol–water partition coefficient (Wildman–Crippen LogP) is 3.39. The van der Waals surface area contributed by atoms with Crippen molar-refractivity contribution in [3.8, 4) is 28.4 Å². The van der Waals surface area contributed by atoms with E-state index in [2.05, 4.69) is 4.98 Å². The van der Waals surface area contributed by atoms with Crippen LogP contribution in [0.5, 0.6) is 17.2 Å². The zero-order valence-electron chi connectivity index (χ0n) is 12.5. The molecule has 1 aromatic carbocycles. The van der Waals surface area contributed by atoms with Crippen molar-refractivity contribution in [3.63, 3.8) is 0 Å². The van der Waals surface area contributed by atoms with E-state index in [1.54, 1.807) is 21.3 Å². The van der Waals surface area contributed by atoms with Gasteiger partial charge in [0.1, 0.15) is 0 Å². The first-order valence-electron chi connectivity index (χ1n) is 6.35. The number of methoxy groups -OCH3 is 3. The van der Waals surface area contributed by atoms with Crippen LogP contribution in [0.1, 0.15) is 11.4 Å². The van der Waals surface area contributed by atoms with Gasteiger partial charge >= 0.3 is 0 Å². The molecule has 106 valence electrons. The van der Waals surface area contributed by atoms with Gasteiger partial charge in [0.15, 0.2) is 11.5 Å². The fourth-order valence-corrected chi connectivity index (χ4v) is 2.32. The summed E-state index contributed by atoms with van der Waals surface area (Å²) in [7, 11) is 4.84. The predicted molar refractivity (Wildman–Crippen MR) is 78.8 cm³/mol. The van der Waals surface area contributed by atoms with Gasteiger partial charge in [-0.25, -0.2) is 0 Å². The first-order chi connectivity index (χ1) is 9.60. The molecule has 0 aliphatic heterocycles. The Morgan fingerprint density at radius 1 is 0.800 bits per heavy atom. The molecule has 0 radical (unpaired) electrons. The zero-order valence-corrected chi connectivity index (χ0v) is 12.5. The Kier molecular flexibility index (Phi) is 4.13. The van der Waals surface area contributed by atoms with Crippen LogP contribution < -0.4 is 14.2 Å². The fourth-order valence-electron chi connectivity index (χ4n) is 2.32. The Labute approximate surface area is 119 Å². The Balaban J connectivity index is 2.67. The minimum Gasteiger partial charge on any atom is -0.493 e. The van der Waals surface area contributed by atoms with E-state index in [1.165, 1.54) is 0 Å². The summed E-state index contributed by atoms with van der Waals surface area (Å²) in [5.41, 5.74) is 3.94. The Morgan fingerprint density at radius 3 is 1.90 bits per heavy atom. The summed E-state index contributed by atoms with van der Waals surface area (Å²) in [6, 6.07) is 7.89. The van der Waals surface area contributed by atoms with E-state index in [-0.39, 0.29) is 0 Å². The van der Waals surface area contributed by atoms with Crippen molar-refractivity contribution in [1.29, 1.82) is 0 Å². The molecule has 2 aromatic rings. The van der Waals surface area contributed by atoms with E-state index in [9.17, 15) is 0 Å². The molecule has 0 fully saturated rings. The van der Waals surface area contributed by atoms with Crippen LogP contribution in [-0.4, -0.2) is 26.3 Å². The maximum Gasteiger partial charge on any atom is 0.203 e. The molecule has 0 unspecified atom stereocenters. The maximum atomic E-state index is 5.52. The first kappa shape index (κ1) is 14.2. The molecule has 0 aliphatic carbocycles. The highest BCUT2D eigenvalue weighted by Gasteiger charge is 2.17. The van der Waals surface area contributed by atoms with E-state index in [0.29, 0.717) is 17.2 Å². The second kappa shape index (κ2) is 5.82. The van der Waals surface area contributed by atoms with Gasteiger partial charge in [0.05, 0.1) is 21.3 Å². The number of hydrogen-bond donors (Lipinski definition) is 0. The van der Waals surface area contributed by atoms with E-state index in [0.717, 1.165) is 22.5 Å². The van der Waals surface area contributed by atoms with Gasteiger partial charge < -0.3 is 14.2 Å². The third-order valence-electron chi connectivity index (χ3n) is 3.10. The number of benzene rings is 1. The van der Waals surface area contributed by atoms with Gasteiger partial charge in [-0.2, -0.15) is 0 Å². The van der Waals surface area contributed by atoms with Crippen molar-refractivity contribution in [2.24, 2.45) is 0 Å². The van der Waals surface area contributed by atoms with Crippen LogP contribution in [0.15, 0.2) is 24.3 Å². The highest BCUT2D eigenvalue weighted by Crippen LogP contribution is 2.44. The molecule has 20 heavy (non-hydrogen) atoms. The normalized spacial score (nSPS) is 10.2. The molecule has 0 N–H and O–H groups in total. The standard InChI is InChI=1S/C16H19NO3/c1-10-8-12(9-11(2)17-10)13-6-7-14(18-3)16(20-5)15(13)19-4/h6-9H,1-5H3. The smallest absolute Gasteiger partial charge is 0.203 e. The van der Waals surface area contributed by atoms with Gasteiger partial charge in [0.2, 0.25) is 5.75 Å². The average molecular weight is 273 g/mol. The van der Waals surface area contributed by atoms with Gasteiger partial charge in [0.25, 0.3) is 0 Å². The van der Waals surface area contributed by atoms with Crippen molar-refractivity contribution in [3.05, 3.63) is 35.7 Å². The van der Waals surface area contributed by atoms with Gasteiger partial charge in [-0.3, -0.25) is 4.98 Å². The lowest BCUT2D eigenvalue weighted by Gasteiger charge is -2.16. The van der Waals surface area contributed by atoms with Crippen molar-refractivity contribution in [1.82, 2.24) is 4.98 Å². The van der Waals surface area contributed by atoms with Crippen LogP contribution in [0.3, 0.4) is 0 Å². The lowest BCUT2D eigenvalue weighted by atomic mass is 10.0. The average Bonchev–Trinajstić information content (AvgIpc) is 2.44. The molecule has 2 rings (SSSR count). The van der Waals surface area contributed by atoms with Crippen LogP contribution in [0.4, 0.5) is 0 Å². The summed E-state index contributed by atoms with van der Waals surface area (Å²) >= 11 is 0. The molecule has 0 bridgehead atoms. The quantitative estimate of drug-likeness (QED) is 0.856. The number of pyridine rings is 1. The van der Waals surface area contributed by atoms with Crippen molar-refractivity contribution >= 4 is 0 Å². The van der Waals surface area contributed by atoms with Crippen LogP contribution in [0, 0.1) is 13.8 Å². The highest BCUT2D eigenvalue weighted by molar-refractivity contribution is 5.76. The largest absolute Gasteiger partial charge is 0.493 e. The van der Waals surface area contributed by atoms with E-state index >= 15 is 0 Å². The van der Waals surface area contributed by atoms with Crippen molar-refractivity contribution in [2.45, 2.75) is 13.8 Å². The number of hydrogen-bond acceptors (Lipinski definition) is 4. The third kappa shape index (κ3) is 2.54. The molecular weight excluding hydrogens is 254 g/mol. The summed E-state index contributed by atoms with van der Waals surface area (Å²) < 4.78 is 16.2. The lowest BCUT2D eigenvalue weighted by Crippen LogP contribution is -1.97. The molecular formula is C16H19NO3. The number of ether oxygens (including phenoxy) is 3. The Bertz CT molecular complexity index is 603. The Morgan fingerprint density at radius 2 is 1.40 bits per heavy atom. The molecule has 0 saturated carbocycles. The van der Waals surface area contributed by atoms with Gasteiger partial charge in [-0.05, 0) is 43.7 Å². The fraction of sp³-hybridized carbons (Fsp3) is 0.312. The topological polar surface area (TPSA) is 40.6 Å². The van der Waals surface area contributed by atoms with Crippen LogP contribution in [-0.2, 0) is 0 Å². The third-order valence-corrected chi connectivity index (χ3v) is 3.10. The highest BCUT2D eigenvalue weighted by atomic mass is 16.5. The first-order valence-corrected chi connectivity index (χ1v) is 6.35. The lowest BCUT2D eigenvalue weighted by molar-refractivity contribution is 0.325. The monoisotopic (exact) mass is 273 g/mol. The molecule has 0 spiro atoms. The number of rotatable bonds is 4. The van der Waals surface area contributed by atoms with Crippen molar-refractivity contribution < 1.29 is 14.2 Å². The second-order valence-electron chi connectivity index (χ2n) is 4.52. The molecule has 4 nitrogen and oxygen atoms in total. The van der Waals surface area contributed by atoms with Gasteiger partial charge in [-0.15, -0.1) is 0 Å². The van der Waals surface area contributed by atoms with E-state index in [4.69, 9.17) is 14.2 Å². The van der Waals surface area contributed by atoms with E-state index < -0.39 is 0 Å². The summed E-state index contributed by atoms with van der Waals surface area (Å²) in [5.74, 6) is 1.91. The van der Waals surface area contributed by atoms with Crippen LogP contribution in [0.2, 0.25) is 0 Å². The van der Waals surface area contributed by atoms with Crippen molar-refractivity contribution in [2.75, 3.05) is 21.3 Å². The molecule has 0 aliphatic rings. The van der Waals surface area contributed by atoms with Gasteiger partial charge in [-0.1, -0.05) is 0 Å². The molecule has 0 amide bonds. The minimum absolute atomic E-state index is 0.597. The van der Waals surface area contributed by atoms with E-state index in [1.807, 2.05) is 38.1 Å². The number of aryl methyl sites for hydroxylation is 2. The zero-order chi connectivity index (χ0) is 14.7. The summed E-state index contributed by atoms with van der Waals surface area (Å²) in [5, 5.41) is 0. The maximum absolute atomic E-state index is 5.52. The molecule has 0 atom stereocenters.